The van der Waals surface area contributed by atoms with Crippen LogP contribution in [0.1, 0.15) is 47.4 Å². The first-order chi connectivity index (χ1) is 21.6. The predicted molar refractivity (Wildman–Crippen MR) is 173 cm³/mol. The fourth-order valence-electron chi connectivity index (χ4n) is 5.75. The summed E-state index contributed by atoms with van der Waals surface area (Å²) in [6, 6.07) is 25.4. The number of nitrogens with zero attached hydrogens (tertiary/aromatic N) is 2. The molecule has 0 spiro atoms. The van der Waals surface area contributed by atoms with Crippen molar-refractivity contribution in [1.82, 2.24) is 9.80 Å². The van der Waals surface area contributed by atoms with Crippen molar-refractivity contribution in [3.05, 3.63) is 98.6 Å². The Bertz CT molecular complexity index is 1500. The Morgan fingerprint density at radius 2 is 1.62 bits per heavy atom. The molecule has 7 nitrogen and oxygen atoms in total. The van der Waals surface area contributed by atoms with E-state index in [1.165, 1.54) is 26.5 Å². The molecule has 0 radical (unpaired) electrons. The second-order valence-corrected chi connectivity index (χ2v) is 18.4. The molecule has 3 aromatic carbocycles. The van der Waals surface area contributed by atoms with Crippen LogP contribution in [0.2, 0.25) is 0 Å². The van der Waals surface area contributed by atoms with E-state index in [9.17, 15) is 13.2 Å². The molecule has 0 bridgehead atoms. The third kappa shape index (κ3) is 12.1. The number of carbonyl (C=O) groups excluding carboxylic acids is 1. The van der Waals surface area contributed by atoms with Crippen LogP contribution in [0, 0.1) is 10.5 Å². The standard InChI is InChI=1S/C34H44I2N2O3S.O2S/c1-26-8-12-28(13-9-26)33(29-6-5-7-30(25-29)36-3)18-22-37-20-16-31(17-21-37)38(23-19-35-2)34(39)24-27-10-14-32(15-11-27)42(4,40)41;1-3-2/h5-15,25,31,33H,16-24H2,1-4H3;/q-2;/t33-;/m1./s1. The van der Waals surface area contributed by atoms with E-state index >= 15 is 0 Å². The average molecular weight is 879 g/mol. The van der Waals surface area contributed by atoms with Crippen LogP contribution >= 0.6 is 0 Å². The molecule has 0 unspecified atom stereocenters. The Balaban J connectivity index is 0.00000177. The Labute approximate surface area is 293 Å². The van der Waals surface area contributed by atoms with Crippen molar-refractivity contribution in [2.45, 2.75) is 49.5 Å². The quantitative estimate of drug-likeness (QED) is 0.152. The van der Waals surface area contributed by atoms with Crippen molar-refractivity contribution >= 4 is 27.3 Å². The van der Waals surface area contributed by atoms with Crippen molar-refractivity contribution in [2.75, 3.05) is 46.7 Å². The van der Waals surface area contributed by atoms with E-state index in [1.54, 1.807) is 24.3 Å². The average Bonchev–Trinajstić information content (AvgIpc) is 3.03. The number of halogens is 2. The molecule has 1 atom stereocenters. The Hall–Kier alpha value is -1.68. The number of hydrogen-bond donors (Lipinski definition) is 0. The van der Waals surface area contributed by atoms with E-state index in [0.717, 1.165) is 55.4 Å². The molecule has 0 saturated carbocycles. The summed E-state index contributed by atoms with van der Waals surface area (Å²) in [6.45, 7) is 6.06. The number of aryl methyl sites for hydroxylation is 1. The molecule has 1 amide bonds. The van der Waals surface area contributed by atoms with Crippen LogP contribution in [-0.2, 0) is 32.6 Å². The zero-order valence-electron chi connectivity index (χ0n) is 26.5. The van der Waals surface area contributed by atoms with Gasteiger partial charge in [0.2, 0.25) is 0 Å². The summed E-state index contributed by atoms with van der Waals surface area (Å²) in [5, 5.41) is 0. The molecule has 1 saturated heterocycles. The fraction of sp³-hybridized carbons (Fsp3) is 0.441. The van der Waals surface area contributed by atoms with Gasteiger partial charge in [-0.1, -0.05) is 0 Å². The van der Waals surface area contributed by atoms with Crippen molar-refractivity contribution in [1.29, 1.82) is 0 Å². The van der Waals surface area contributed by atoms with Crippen LogP contribution in [0.3, 0.4) is 0 Å². The van der Waals surface area contributed by atoms with Crippen LogP contribution in [-0.4, -0.2) is 85.3 Å². The first-order valence-electron chi connectivity index (χ1n) is 14.9. The van der Waals surface area contributed by atoms with Crippen molar-refractivity contribution in [3.63, 3.8) is 0 Å². The summed E-state index contributed by atoms with van der Waals surface area (Å²) in [5.41, 5.74) is 4.99. The summed E-state index contributed by atoms with van der Waals surface area (Å²) in [4.78, 5) is 23.1. The van der Waals surface area contributed by atoms with E-state index in [0.29, 0.717) is 17.2 Å². The Kier molecular flexibility index (Phi) is 16.1. The van der Waals surface area contributed by atoms with Gasteiger partial charge in [0.1, 0.15) is 0 Å². The fourth-order valence-corrected chi connectivity index (χ4v) is 8.62. The molecule has 248 valence electrons. The normalized spacial score (nSPS) is 14.8. The Morgan fingerprint density at radius 3 is 2.20 bits per heavy atom. The van der Waals surface area contributed by atoms with Crippen LogP contribution in [0.25, 0.3) is 0 Å². The van der Waals surface area contributed by atoms with E-state index in [4.69, 9.17) is 8.42 Å². The van der Waals surface area contributed by atoms with Gasteiger partial charge in [0.25, 0.3) is 0 Å². The summed E-state index contributed by atoms with van der Waals surface area (Å²) in [7, 11) is -3.24. The number of rotatable bonds is 13. The molecule has 0 aliphatic carbocycles. The van der Waals surface area contributed by atoms with Crippen molar-refractivity contribution < 1.29 is 64.0 Å². The molecule has 4 rings (SSSR count). The van der Waals surface area contributed by atoms with Gasteiger partial charge in [0.15, 0.2) is 0 Å². The molecule has 3 aromatic rings. The number of amides is 1. The van der Waals surface area contributed by atoms with Crippen molar-refractivity contribution in [3.8, 4) is 0 Å². The van der Waals surface area contributed by atoms with Gasteiger partial charge in [-0.3, -0.25) is 0 Å². The topological polar surface area (TPSA) is 91.8 Å². The second kappa shape index (κ2) is 19.2. The van der Waals surface area contributed by atoms with Gasteiger partial charge in [0, 0.05) is 0 Å². The monoisotopic (exact) mass is 878 g/mol. The SMILES string of the molecule is C[I-]CCN(C(=O)Cc1ccc(S(C)(=O)=O)cc1)C1CCN(CC[C@H](c2ccc(C)cc2)c2cccc([I-]C)c2)CC1.O=S=O. The maximum Gasteiger partial charge on any atom is 0.335 e. The van der Waals surface area contributed by atoms with Gasteiger partial charge in [-0.15, -0.1) is 0 Å². The van der Waals surface area contributed by atoms with Crippen LogP contribution in [0.15, 0.2) is 77.7 Å². The smallest absolute Gasteiger partial charge is 0.168 e. The number of carbonyl (C=O) groups is 1. The largest absolute Gasteiger partial charge is 0.335 e. The molecule has 0 N–H and O–H groups in total. The minimum atomic E-state index is -3.24. The molecule has 1 aliphatic heterocycles. The number of sulfone groups is 1. The number of piperidine rings is 1. The third-order valence-electron chi connectivity index (χ3n) is 8.22. The van der Waals surface area contributed by atoms with Crippen LogP contribution in [0.5, 0.6) is 0 Å². The maximum absolute atomic E-state index is 13.5. The summed E-state index contributed by atoms with van der Waals surface area (Å²) in [5.74, 6) is 0.551. The Morgan fingerprint density at radius 1 is 0.978 bits per heavy atom. The molecule has 1 heterocycles. The third-order valence-corrected chi connectivity index (χ3v) is 12.8. The summed E-state index contributed by atoms with van der Waals surface area (Å²) in [6.07, 6.45) is 4.63. The van der Waals surface area contributed by atoms with Gasteiger partial charge >= 0.3 is 288 Å². The molecular weight excluding hydrogens is 834 g/mol. The van der Waals surface area contributed by atoms with Gasteiger partial charge in [0.05, 0.1) is 0 Å². The number of alkyl halides is 3. The molecule has 1 fully saturated rings. The number of benzene rings is 3. The van der Waals surface area contributed by atoms with Gasteiger partial charge in [-0.2, -0.15) is 8.42 Å². The van der Waals surface area contributed by atoms with E-state index < -0.39 is 21.4 Å². The summed E-state index contributed by atoms with van der Waals surface area (Å²) >= 11 is -0.587. The van der Waals surface area contributed by atoms with E-state index in [1.807, 2.05) is 0 Å². The van der Waals surface area contributed by atoms with Crippen LogP contribution < -0.4 is 42.4 Å². The summed E-state index contributed by atoms with van der Waals surface area (Å²) < 4.78 is 42.8. The first kappa shape index (κ1) is 37.8. The van der Waals surface area contributed by atoms with Gasteiger partial charge < -0.3 is 0 Å². The second-order valence-electron chi connectivity index (χ2n) is 11.3. The zero-order chi connectivity index (χ0) is 32.8. The molecule has 0 aromatic heterocycles. The van der Waals surface area contributed by atoms with E-state index in [2.05, 4.69) is 75.1 Å². The minimum Gasteiger partial charge on any atom is -0.168 e. The number of hydrogen-bond acceptors (Lipinski definition) is 6. The van der Waals surface area contributed by atoms with Crippen molar-refractivity contribution in [2.24, 2.45) is 0 Å². The first-order valence-corrected chi connectivity index (χ1v) is 24.4. The van der Waals surface area contributed by atoms with Crippen LogP contribution in [0.4, 0.5) is 0 Å². The zero-order valence-corrected chi connectivity index (χ0v) is 32.4. The minimum absolute atomic E-state index is 0.0587. The van der Waals surface area contributed by atoms with Gasteiger partial charge in [-0.05, 0) is 0 Å². The molecule has 45 heavy (non-hydrogen) atoms. The van der Waals surface area contributed by atoms with E-state index in [-0.39, 0.29) is 54.4 Å². The maximum atomic E-state index is 13.5. The molecule has 1 aliphatic rings. The molecule has 11 heteroatoms. The van der Waals surface area contributed by atoms with Gasteiger partial charge in [-0.25, -0.2) is 0 Å². The number of likely N-dealkylation sites (tertiary alicyclic amines) is 1. The predicted octanol–water partition coefficient (Wildman–Crippen LogP) is -1.61. The molecular formula is C34H44I2N2O5S2-2.